The number of hydrogen-bond acceptors (Lipinski definition) is 3. The molecule has 1 aliphatic heterocycles. The molecule has 1 aliphatic carbocycles. The van der Waals surface area contributed by atoms with Crippen LogP contribution < -0.4 is 0 Å². The van der Waals surface area contributed by atoms with Crippen LogP contribution in [0, 0.1) is 5.41 Å². The largest absolute Gasteiger partial charge is 0.214 e. The molecule has 0 spiro atoms. The summed E-state index contributed by atoms with van der Waals surface area (Å²) in [7, 11) is -2.94. The lowest BCUT2D eigenvalue weighted by atomic mass is 9.75. The lowest BCUT2D eigenvalue weighted by Gasteiger charge is -2.38. The van der Waals surface area contributed by atoms with Crippen LogP contribution in [-0.4, -0.2) is 37.3 Å². The molecule has 1 saturated carbocycles. The molecular formula is C11H21NO2S2. The molecule has 1 heterocycles. The zero-order valence-corrected chi connectivity index (χ0v) is 11.4. The van der Waals surface area contributed by atoms with E-state index < -0.39 is 10.0 Å². The van der Waals surface area contributed by atoms with Crippen LogP contribution in [0.25, 0.3) is 0 Å². The van der Waals surface area contributed by atoms with Crippen molar-refractivity contribution < 1.29 is 8.42 Å². The quantitative estimate of drug-likeness (QED) is 0.790. The topological polar surface area (TPSA) is 37.4 Å². The summed E-state index contributed by atoms with van der Waals surface area (Å²) in [6.45, 7) is 1.43. The fraction of sp³-hybridized carbons (Fsp3) is 1.00. The highest BCUT2D eigenvalue weighted by molar-refractivity contribution is 7.89. The molecular weight excluding hydrogens is 242 g/mol. The van der Waals surface area contributed by atoms with Gasteiger partial charge >= 0.3 is 0 Å². The fourth-order valence-corrected chi connectivity index (χ4v) is 4.96. The highest BCUT2D eigenvalue weighted by Gasteiger charge is 2.38. The first-order valence-electron chi connectivity index (χ1n) is 6.17. The predicted molar refractivity (Wildman–Crippen MR) is 69.3 cm³/mol. The van der Waals surface area contributed by atoms with E-state index in [0.29, 0.717) is 12.3 Å². The van der Waals surface area contributed by atoms with Crippen molar-refractivity contribution in [1.29, 1.82) is 0 Å². The Bertz CT molecular complexity index is 334. The van der Waals surface area contributed by atoms with Crippen LogP contribution >= 0.6 is 12.6 Å². The molecule has 0 bridgehead atoms. The minimum Gasteiger partial charge on any atom is -0.212 e. The number of sulfonamides is 1. The third-order valence-corrected chi connectivity index (χ3v) is 6.54. The smallest absolute Gasteiger partial charge is 0.212 e. The van der Waals surface area contributed by atoms with Gasteiger partial charge < -0.3 is 0 Å². The first-order valence-corrected chi connectivity index (χ1v) is 8.41. The maximum Gasteiger partial charge on any atom is 0.214 e. The van der Waals surface area contributed by atoms with Crippen molar-refractivity contribution in [3.8, 4) is 0 Å². The van der Waals surface area contributed by atoms with Gasteiger partial charge in [0.25, 0.3) is 0 Å². The minimum atomic E-state index is -2.94. The summed E-state index contributed by atoms with van der Waals surface area (Å²) in [4.78, 5) is 0. The maximum absolute atomic E-state index is 11.8. The van der Waals surface area contributed by atoms with Gasteiger partial charge in [-0.05, 0) is 30.4 Å². The summed E-state index contributed by atoms with van der Waals surface area (Å²) in [5, 5.41) is 0. The summed E-state index contributed by atoms with van der Waals surface area (Å²) in [5.74, 6) is 1.16. The van der Waals surface area contributed by atoms with Crippen LogP contribution in [0.1, 0.15) is 38.5 Å². The normalized spacial score (nSPS) is 29.3. The Balaban J connectivity index is 2.06. The van der Waals surface area contributed by atoms with E-state index in [1.54, 1.807) is 4.31 Å². The van der Waals surface area contributed by atoms with Gasteiger partial charge in [-0.3, -0.25) is 0 Å². The van der Waals surface area contributed by atoms with Crippen LogP contribution in [0.2, 0.25) is 0 Å². The standard InChI is InChI=1S/C11H21NO2S2/c13-16(14)8-4-7-12(16)9-11(10-15)5-2-1-3-6-11/h15H,1-10H2. The molecule has 2 aliphatic rings. The Kier molecular flexibility index (Phi) is 3.86. The van der Waals surface area contributed by atoms with Gasteiger partial charge in [0.15, 0.2) is 0 Å². The number of nitrogens with zero attached hydrogens (tertiary/aromatic N) is 1. The van der Waals surface area contributed by atoms with Gasteiger partial charge in [0.1, 0.15) is 0 Å². The third kappa shape index (κ3) is 2.57. The van der Waals surface area contributed by atoms with E-state index in [9.17, 15) is 8.42 Å². The highest BCUT2D eigenvalue weighted by atomic mass is 32.2. The van der Waals surface area contributed by atoms with Crippen LogP contribution in [0.5, 0.6) is 0 Å². The minimum absolute atomic E-state index is 0.152. The number of hydrogen-bond donors (Lipinski definition) is 1. The second kappa shape index (κ2) is 4.86. The van der Waals surface area contributed by atoms with E-state index in [4.69, 9.17) is 0 Å². The summed E-state index contributed by atoms with van der Waals surface area (Å²) < 4.78 is 25.3. The first-order chi connectivity index (χ1) is 7.58. The van der Waals surface area contributed by atoms with Crippen LogP contribution in [0.15, 0.2) is 0 Å². The van der Waals surface area contributed by atoms with Crippen molar-refractivity contribution in [1.82, 2.24) is 4.31 Å². The van der Waals surface area contributed by atoms with E-state index in [0.717, 1.165) is 31.6 Å². The average molecular weight is 263 g/mol. The number of thiol groups is 1. The summed E-state index contributed by atoms with van der Waals surface area (Å²) in [6.07, 6.45) is 6.83. The monoisotopic (exact) mass is 263 g/mol. The van der Waals surface area contributed by atoms with Crippen molar-refractivity contribution in [3.63, 3.8) is 0 Å². The van der Waals surface area contributed by atoms with Crippen molar-refractivity contribution >= 4 is 22.7 Å². The van der Waals surface area contributed by atoms with Crippen molar-refractivity contribution in [2.75, 3.05) is 24.6 Å². The van der Waals surface area contributed by atoms with E-state index in [-0.39, 0.29) is 5.41 Å². The summed E-state index contributed by atoms with van der Waals surface area (Å²) in [5.41, 5.74) is 0.152. The molecule has 5 heteroatoms. The van der Waals surface area contributed by atoms with Crippen molar-refractivity contribution in [2.45, 2.75) is 38.5 Å². The third-order valence-electron chi connectivity index (χ3n) is 3.96. The molecule has 0 atom stereocenters. The Morgan fingerprint density at radius 2 is 1.81 bits per heavy atom. The Labute approximate surface area is 104 Å². The summed E-state index contributed by atoms with van der Waals surface area (Å²) in [6, 6.07) is 0. The molecule has 2 fully saturated rings. The zero-order valence-electron chi connectivity index (χ0n) is 9.69. The first kappa shape index (κ1) is 12.7. The van der Waals surface area contributed by atoms with Crippen LogP contribution in [0.4, 0.5) is 0 Å². The zero-order chi connectivity index (χ0) is 11.6. The van der Waals surface area contributed by atoms with Gasteiger partial charge in [0.2, 0.25) is 10.0 Å². The van der Waals surface area contributed by atoms with Crippen molar-refractivity contribution in [3.05, 3.63) is 0 Å². The molecule has 16 heavy (non-hydrogen) atoms. The Morgan fingerprint density at radius 3 is 2.31 bits per heavy atom. The Hall–Kier alpha value is 0.260. The van der Waals surface area contributed by atoms with E-state index in [1.165, 1.54) is 19.3 Å². The second-order valence-electron chi connectivity index (χ2n) is 5.22. The maximum atomic E-state index is 11.8. The molecule has 0 aromatic rings. The molecule has 0 aromatic heterocycles. The lowest BCUT2D eigenvalue weighted by Crippen LogP contribution is -2.41. The summed E-state index contributed by atoms with van der Waals surface area (Å²) >= 11 is 4.46. The molecule has 3 nitrogen and oxygen atoms in total. The highest BCUT2D eigenvalue weighted by Crippen LogP contribution is 2.39. The van der Waals surface area contributed by atoms with Crippen LogP contribution in [0.3, 0.4) is 0 Å². The SMILES string of the molecule is O=S1(=O)CCCN1CC1(CS)CCCCC1. The molecule has 1 saturated heterocycles. The van der Waals surface area contributed by atoms with E-state index in [1.807, 2.05) is 0 Å². The second-order valence-corrected chi connectivity index (χ2v) is 7.63. The fourth-order valence-electron chi connectivity index (χ4n) is 2.91. The van der Waals surface area contributed by atoms with Gasteiger partial charge in [-0.1, -0.05) is 19.3 Å². The molecule has 0 N–H and O–H groups in total. The van der Waals surface area contributed by atoms with Gasteiger partial charge in [0.05, 0.1) is 5.75 Å². The molecule has 0 unspecified atom stereocenters. The molecule has 0 aromatic carbocycles. The number of rotatable bonds is 3. The van der Waals surface area contributed by atoms with Crippen LogP contribution in [-0.2, 0) is 10.0 Å². The van der Waals surface area contributed by atoms with Gasteiger partial charge in [-0.25, -0.2) is 12.7 Å². The van der Waals surface area contributed by atoms with Gasteiger partial charge in [0, 0.05) is 13.1 Å². The molecule has 2 rings (SSSR count). The Morgan fingerprint density at radius 1 is 1.12 bits per heavy atom. The molecule has 0 amide bonds. The van der Waals surface area contributed by atoms with Gasteiger partial charge in [-0.2, -0.15) is 12.6 Å². The van der Waals surface area contributed by atoms with E-state index in [2.05, 4.69) is 12.6 Å². The lowest BCUT2D eigenvalue weighted by molar-refractivity contribution is 0.179. The molecule has 0 radical (unpaired) electrons. The van der Waals surface area contributed by atoms with E-state index >= 15 is 0 Å². The van der Waals surface area contributed by atoms with Gasteiger partial charge in [-0.15, -0.1) is 0 Å². The predicted octanol–water partition coefficient (Wildman–Crippen LogP) is 1.90. The average Bonchev–Trinajstić information content (AvgIpc) is 2.60. The molecule has 94 valence electrons. The van der Waals surface area contributed by atoms with Crippen molar-refractivity contribution in [2.24, 2.45) is 5.41 Å².